The summed E-state index contributed by atoms with van der Waals surface area (Å²) in [5.74, 6) is 0.683. The summed E-state index contributed by atoms with van der Waals surface area (Å²) in [6.07, 6.45) is -3.05. The number of H-pyrrole nitrogens is 1. The minimum atomic E-state index is -4.49. The van der Waals surface area contributed by atoms with Crippen LogP contribution in [0.5, 0.6) is 0 Å². The molecule has 7 heteroatoms. The topological polar surface area (TPSA) is 65.6 Å². The summed E-state index contributed by atoms with van der Waals surface area (Å²) in [7, 11) is 0. The van der Waals surface area contributed by atoms with Crippen molar-refractivity contribution in [3.8, 4) is 17.4 Å². The van der Waals surface area contributed by atoms with Crippen LogP contribution in [0.1, 0.15) is 17.1 Å². The fraction of sp³-hybridized carbons (Fsp3) is 0.0476. The largest absolute Gasteiger partial charge is 0.457 e. The highest BCUT2D eigenvalue weighted by Gasteiger charge is 2.34. The highest BCUT2D eigenvalue weighted by Crippen LogP contribution is 2.37. The Labute approximate surface area is 157 Å². The number of hydrogen-bond acceptors (Lipinski definition) is 3. The van der Waals surface area contributed by atoms with E-state index in [-0.39, 0.29) is 22.7 Å². The Morgan fingerprint density at radius 2 is 1.79 bits per heavy atom. The summed E-state index contributed by atoms with van der Waals surface area (Å²) >= 11 is 0. The molecule has 0 aliphatic heterocycles. The van der Waals surface area contributed by atoms with E-state index in [9.17, 15) is 18.4 Å². The molecule has 0 saturated heterocycles. The summed E-state index contributed by atoms with van der Waals surface area (Å²) < 4.78 is 45.2. The number of nitrogens with one attached hydrogen (secondary N) is 1. The maximum Gasteiger partial charge on any atom is 0.417 e. The second-order valence-corrected chi connectivity index (χ2v) is 6.02. The van der Waals surface area contributed by atoms with Gasteiger partial charge in [0.25, 0.3) is 0 Å². The number of benzene rings is 2. The van der Waals surface area contributed by atoms with Gasteiger partial charge < -0.3 is 9.40 Å². The molecule has 138 valence electrons. The highest BCUT2D eigenvalue weighted by molar-refractivity contribution is 5.89. The summed E-state index contributed by atoms with van der Waals surface area (Å²) in [4.78, 5) is 7.40. The predicted octanol–water partition coefficient (Wildman–Crippen LogP) is 5.91. The van der Waals surface area contributed by atoms with Crippen molar-refractivity contribution in [3.63, 3.8) is 0 Å². The minimum Gasteiger partial charge on any atom is -0.457 e. The molecule has 2 aromatic carbocycles. The molecule has 0 unspecified atom stereocenters. The molecule has 0 bridgehead atoms. The van der Waals surface area contributed by atoms with Crippen LogP contribution in [-0.2, 0) is 6.18 Å². The predicted molar refractivity (Wildman–Crippen MR) is 98.7 cm³/mol. The van der Waals surface area contributed by atoms with Crippen molar-refractivity contribution in [2.45, 2.75) is 6.18 Å². The molecule has 0 amide bonds. The van der Waals surface area contributed by atoms with Gasteiger partial charge in [-0.2, -0.15) is 18.4 Å². The standard InChI is InChI=1S/C21H12F3N3O/c22-21(23,24)16-6-2-1-5-15(16)19-10-9-14(28-19)11-13(12-25)20-26-17-7-3-4-8-18(17)27-20/h1-11H,(H,26,27). The van der Waals surface area contributed by atoms with E-state index < -0.39 is 11.7 Å². The van der Waals surface area contributed by atoms with E-state index in [1.165, 1.54) is 36.4 Å². The molecule has 0 spiro atoms. The van der Waals surface area contributed by atoms with Crippen LogP contribution in [0.15, 0.2) is 65.1 Å². The minimum absolute atomic E-state index is 0.0584. The van der Waals surface area contributed by atoms with Crippen molar-refractivity contribution in [1.82, 2.24) is 9.97 Å². The van der Waals surface area contributed by atoms with Gasteiger partial charge in [-0.1, -0.05) is 30.3 Å². The van der Waals surface area contributed by atoms with Crippen LogP contribution in [-0.4, -0.2) is 9.97 Å². The maximum absolute atomic E-state index is 13.2. The van der Waals surface area contributed by atoms with Gasteiger partial charge in [0.15, 0.2) is 0 Å². The maximum atomic E-state index is 13.2. The molecular weight excluding hydrogens is 367 g/mol. The van der Waals surface area contributed by atoms with Crippen LogP contribution in [0.25, 0.3) is 34.0 Å². The lowest BCUT2D eigenvalue weighted by Gasteiger charge is -2.10. The molecule has 1 N–H and O–H groups in total. The average Bonchev–Trinajstić information content (AvgIpc) is 3.32. The van der Waals surface area contributed by atoms with Crippen LogP contribution in [0, 0.1) is 11.3 Å². The van der Waals surface area contributed by atoms with Crippen molar-refractivity contribution >= 4 is 22.7 Å². The SMILES string of the molecule is N#CC(=Cc1ccc(-c2ccccc2C(F)(F)F)o1)c1nc2ccccc2[nH]1. The molecule has 2 aromatic heterocycles. The summed E-state index contributed by atoms with van der Waals surface area (Å²) in [6, 6.07) is 17.5. The fourth-order valence-electron chi connectivity index (χ4n) is 2.90. The van der Waals surface area contributed by atoms with Gasteiger partial charge in [0.2, 0.25) is 0 Å². The molecule has 0 atom stereocenters. The van der Waals surface area contributed by atoms with Crippen molar-refractivity contribution in [1.29, 1.82) is 5.26 Å². The third-order valence-corrected chi connectivity index (χ3v) is 4.18. The van der Waals surface area contributed by atoms with E-state index in [1.807, 2.05) is 30.3 Å². The lowest BCUT2D eigenvalue weighted by Crippen LogP contribution is -2.06. The number of aromatic nitrogens is 2. The van der Waals surface area contributed by atoms with Crippen molar-refractivity contribution in [3.05, 3.63) is 77.8 Å². The van der Waals surface area contributed by atoms with Crippen LogP contribution >= 0.6 is 0 Å². The molecule has 0 fully saturated rings. The Kier molecular flexibility index (Phi) is 4.24. The zero-order chi connectivity index (χ0) is 19.7. The van der Waals surface area contributed by atoms with Gasteiger partial charge in [-0.3, -0.25) is 0 Å². The van der Waals surface area contributed by atoms with Crippen LogP contribution in [0.4, 0.5) is 13.2 Å². The molecule has 4 aromatic rings. The molecule has 0 aliphatic rings. The highest BCUT2D eigenvalue weighted by atomic mass is 19.4. The number of alkyl halides is 3. The third kappa shape index (κ3) is 3.28. The number of rotatable bonds is 3. The number of para-hydroxylation sites is 2. The summed E-state index contributed by atoms with van der Waals surface area (Å²) in [5, 5.41) is 9.47. The average molecular weight is 379 g/mol. The van der Waals surface area contributed by atoms with E-state index in [4.69, 9.17) is 4.42 Å². The number of hydrogen-bond donors (Lipinski definition) is 1. The summed E-state index contributed by atoms with van der Waals surface area (Å²) in [5.41, 5.74) is 0.853. The molecule has 0 radical (unpaired) electrons. The number of halogens is 3. The lowest BCUT2D eigenvalue weighted by atomic mass is 10.1. The van der Waals surface area contributed by atoms with E-state index in [1.54, 1.807) is 0 Å². The smallest absolute Gasteiger partial charge is 0.417 e. The van der Waals surface area contributed by atoms with E-state index >= 15 is 0 Å². The van der Waals surface area contributed by atoms with Gasteiger partial charge in [0.05, 0.1) is 22.2 Å². The number of aromatic amines is 1. The second kappa shape index (κ2) is 6.74. The van der Waals surface area contributed by atoms with E-state index in [0.29, 0.717) is 11.3 Å². The Bertz CT molecular complexity index is 1190. The zero-order valence-corrected chi connectivity index (χ0v) is 14.3. The molecule has 0 aliphatic carbocycles. The number of imidazole rings is 1. The van der Waals surface area contributed by atoms with Gasteiger partial charge in [0, 0.05) is 11.6 Å². The molecule has 2 heterocycles. The Balaban J connectivity index is 1.72. The first-order valence-electron chi connectivity index (χ1n) is 8.29. The van der Waals surface area contributed by atoms with Gasteiger partial charge in [-0.25, -0.2) is 4.98 Å². The first-order valence-corrected chi connectivity index (χ1v) is 8.29. The second-order valence-electron chi connectivity index (χ2n) is 6.02. The van der Waals surface area contributed by atoms with Crippen molar-refractivity contribution < 1.29 is 17.6 Å². The van der Waals surface area contributed by atoms with Gasteiger partial charge in [-0.15, -0.1) is 0 Å². The van der Waals surface area contributed by atoms with E-state index in [0.717, 1.165) is 11.6 Å². The number of furan rings is 1. The first-order chi connectivity index (χ1) is 13.5. The third-order valence-electron chi connectivity index (χ3n) is 4.18. The molecule has 0 saturated carbocycles. The molecule has 4 nitrogen and oxygen atoms in total. The Hall–Kier alpha value is -3.79. The molecule has 28 heavy (non-hydrogen) atoms. The Morgan fingerprint density at radius 1 is 1.04 bits per heavy atom. The Morgan fingerprint density at radius 3 is 2.54 bits per heavy atom. The van der Waals surface area contributed by atoms with Gasteiger partial charge in [-0.05, 0) is 30.3 Å². The molecular formula is C21H12F3N3O. The monoisotopic (exact) mass is 379 g/mol. The van der Waals surface area contributed by atoms with Crippen molar-refractivity contribution in [2.75, 3.05) is 0 Å². The normalized spacial score (nSPS) is 12.3. The summed E-state index contributed by atoms with van der Waals surface area (Å²) in [6.45, 7) is 0. The first kappa shape index (κ1) is 17.6. The van der Waals surface area contributed by atoms with E-state index in [2.05, 4.69) is 9.97 Å². The number of fused-ring (bicyclic) bond motifs is 1. The lowest BCUT2D eigenvalue weighted by molar-refractivity contribution is -0.137. The number of nitriles is 1. The van der Waals surface area contributed by atoms with Crippen molar-refractivity contribution in [2.24, 2.45) is 0 Å². The quantitative estimate of drug-likeness (QED) is 0.450. The van der Waals surface area contributed by atoms with Crippen LogP contribution in [0.2, 0.25) is 0 Å². The van der Waals surface area contributed by atoms with Crippen LogP contribution < -0.4 is 0 Å². The number of allylic oxidation sites excluding steroid dienone is 1. The van der Waals surface area contributed by atoms with Gasteiger partial charge >= 0.3 is 6.18 Å². The van der Waals surface area contributed by atoms with Gasteiger partial charge in [0.1, 0.15) is 23.4 Å². The van der Waals surface area contributed by atoms with Crippen LogP contribution in [0.3, 0.4) is 0 Å². The zero-order valence-electron chi connectivity index (χ0n) is 14.3. The number of nitrogens with zero attached hydrogens (tertiary/aromatic N) is 2. The fourth-order valence-corrected chi connectivity index (χ4v) is 2.90. The molecule has 4 rings (SSSR count).